The van der Waals surface area contributed by atoms with E-state index in [9.17, 15) is 18.0 Å². The molecule has 144 valence electrons. The Labute approximate surface area is 150 Å². The SMILES string of the molecule is O=C(NCC1CCN(c2ccc(OC(F)(F)F)cc2)C1)C1CCOCC1. The Morgan fingerprint density at radius 3 is 2.54 bits per heavy atom. The van der Waals surface area contributed by atoms with E-state index in [4.69, 9.17) is 4.74 Å². The Bertz CT molecular complexity index is 601. The van der Waals surface area contributed by atoms with Gasteiger partial charge in [0.05, 0.1) is 0 Å². The lowest BCUT2D eigenvalue weighted by Gasteiger charge is -2.22. The number of ether oxygens (including phenoxy) is 2. The van der Waals surface area contributed by atoms with Crippen LogP contribution in [-0.2, 0) is 9.53 Å². The van der Waals surface area contributed by atoms with Gasteiger partial charge in [0.1, 0.15) is 5.75 Å². The molecule has 1 amide bonds. The summed E-state index contributed by atoms with van der Waals surface area (Å²) in [6, 6.07) is 5.90. The van der Waals surface area contributed by atoms with Crippen molar-refractivity contribution >= 4 is 11.6 Å². The summed E-state index contributed by atoms with van der Waals surface area (Å²) < 4.78 is 45.8. The highest BCUT2D eigenvalue weighted by atomic mass is 19.4. The maximum atomic E-state index is 12.2. The molecule has 3 rings (SSSR count). The number of halogens is 3. The molecule has 26 heavy (non-hydrogen) atoms. The normalized spacial score (nSPS) is 21.7. The van der Waals surface area contributed by atoms with Gasteiger partial charge < -0.3 is 19.7 Å². The van der Waals surface area contributed by atoms with Crippen LogP contribution < -0.4 is 15.0 Å². The first-order valence-corrected chi connectivity index (χ1v) is 8.87. The van der Waals surface area contributed by atoms with E-state index < -0.39 is 6.36 Å². The topological polar surface area (TPSA) is 50.8 Å². The minimum absolute atomic E-state index is 0.0439. The number of carbonyl (C=O) groups excluding carboxylic acids is 1. The number of rotatable bonds is 5. The molecule has 0 aromatic heterocycles. The number of nitrogens with one attached hydrogen (secondary N) is 1. The van der Waals surface area contributed by atoms with Gasteiger partial charge in [-0.2, -0.15) is 0 Å². The molecule has 0 aliphatic carbocycles. The lowest BCUT2D eigenvalue weighted by Crippen LogP contribution is -2.37. The molecule has 0 bridgehead atoms. The smallest absolute Gasteiger partial charge is 0.406 e. The second-order valence-corrected chi connectivity index (χ2v) is 6.77. The van der Waals surface area contributed by atoms with Gasteiger partial charge in [0.2, 0.25) is 5.91 Å². The zero-order valence-electron chi connectivity index (χ0n) is 14.4. The fraction of sp³-hybridized carbons (Fsp3) is 0.611. The first kappa shape index (κ1) is 18.8. The monoisotopic (exact) mass is 372 g/mol. The predicted molar refractivity (Wildman–Crippen MR) is 90.0 cm³/mol. The summed E-state index contributed by atoms with van der Waals surface area (Å²) in [5.74, 6) is 0.258. The average Bonchev–Trinajstić information content (AvgIpc) is 3.09. The van der Waals surface area contributed by atoms with Crippen LogP contribution in [0.2, 0.25) is 0 Å². The van der Waals surface area contributed by atoms with Crippen molar-refractivity contribution in [2.75, 3.05) is 37.7 Å². The van der Waals surface area contributed by atoms with Crippen molar-refractivity contribution in [3.8, 4) is 5.75 Å². The van der Waals surface area contributed by atoms with Gasteiger partial charge in [-0.05, 0) is 49.4 Å². The van der Waals surface area contributed by atoms with Crippen LogP contribution in [0.25, 0.3) is 0 Å². The second-order valence-electron chi connectivity index (χ2n) is 6.77. The first-order chi connectivity index (χ1) is 12.4. The van der Waals surface area contributed by atoms with Crippen LogP contribution in [-0.4, -0.2) is 45.1 Å². The number of nitrogens with zero attached hydrogens (tertiary/aromatic N) is 1. The molecule has 1 aromatic rings. The summed E-state index contributed by atoms with van der Waals surface area (Å²) in [6.07, 6.45) is -2.19. The molecule has 1 aromatic carbocycles. The van der Waals surface area contributed by atoms with Crippen LogP contribution in [0.4, 0.5) is 18.9 Å². The van der Waals surface area contributed by atoms with E-state index in [0.717, 1.165) is 38.0 Å². The fourth-order valence-corrected chi connectivity index (χ4v) is 3.44. The van der Waals surface area contributed by atoms with Gasteiger partial charge >= 0.3 is 6.36 Å². The van der Waals surface area contributed by atoms with Crippen LogP contribution in [0.1, 0.15) is 19.3 Å². The van der Waals surface area contributed by atoms with Gasteiger partial charge in [0.25, 0.3) is 0 Å². The molecular formula is C18H23F3N2O3. The number of hydrogen-bond acceptors (Lipinski definition) is 4. The Morgan fingerprint density at radius 1 is 1.19 bits per heavy atom. The maximum absolute atomic E-state index is 12.2. The average molecular weight is 372 g/mol. The summed E-state index contributed by atoms with van der Waals surface area (Å²) in [7, 11) is 0. The Morgan fingerprint density at radius 2 is 1.88 bits per heavy atom. The maximum Gasteiger partial charge on any atom is 0.573 e. The summed E-state index contributed by atoms with van der Waals surface area (Å²) in [5.41, 5.74) is 0.859. The van der Waals surface area contributed by atoms with E-state index in [-0.39, 0.29) is 17.6 Å². The Kier molecular flexibility index (Phi) is 5.90. The number of benzene rings is 1. The minimum atomic E-state index is -4.68. The Hall–Kier alpha value is -1.96. The fourth-order valence-electron chi connectivity index (χ4n) is 3.44. The quantitative estimate of drug-likeness (QED) is 0.864. The molecule has 1 N–H and O–H groups in total. The number of carbonyl (C=O) groups is 1. The zero-order valence-corrected chi connectivity index (χ0v) is 14.4. The van der Waals surface area contributed by atoms with E-state index in [1.807, 2.05) is 0 Å². The van der Waals surface area contributed by atoms with Crippen molar-refractivity contribution in [3.05, 3.63) is 24.3 Å². The molecule has 0 radical (unpaired) electrons. The van der Waals surface area contributed by atoms with Crippen LogP contribution in [0, 0.1) is 11.8 Å². The van der Waals surface area contributed by atoms with Gasteiger partial charge in [-0.25, -0.2) is 0 Å². The molecule has 0 saturated carbocycles. The number of alkyl halides is 3. The summed E-state index contributed by atoms with van der Waals surface area (Å²) in [5, 5.41) is 3.04. The van der Waals surface area contributed by atoms with Gasteiger partial charge in [-0.1, -0.05) is 0 Å². The van der Waals surface area contributed by atoms with Gasteiger partial charge in [0, 0.05) is 44.5 Å². The molecule has 2 aliphatic rings. The third-order valence-electron chi connectivity index (χ3n) is 4.88. The largest absolute Gasteiger partial charge is 0.573 e. The molecule has 1 atom stereocenters. The number of amides is 1. The molecule has 0 spiro atoms. The lowest BCUT2D eigenvalue weighted by molar-refractivity contribution is -0.274. The van der Waals surface area contributed by atoms with E-state index in [2.05, 4.69) is 15.0 Å². The molecule has 2 heterocycles. The third-order valence-corrected chi connectivity index (χ3v) is 4.88. The summed E-state index contributed by atoms with van der Waals surface area (Å²) in [6.45, 7) is 3.50. The van der Waals surface area contributed by atoms with Crippen LogP contribution in [0.3, 0.4) is 0 Å². The molecule has 5 nitrogen and oxygen atoms in total. The van der Waals surface area contributed by atoms with Gasteiger partial charge in [-0.15, -0.1) is 13.2 Å². The third kappa shape index (κ3) is 5.27. The molecule has 2 aliphatic heterocycles. The van der Waals surface area contributed by atoms with Crippen LogP contribution >= 0.6 is 0 Å². The van der Waals surface area contributed by atoms with Crippen molar-refractivity contribution in [1.82, 2.24) is 5.32 Å². The molecular weight excluding hydrogens is 349 g/mol. The van der Waals surface area contributed by atoms with Crippen molar-refractivity contribution in [1.29, 1.82) is 0 Å². The van der Waals surface area contributed by atoms with Gasteiger partial charge in [-0.3, -0.25) is 4.79 Å². The predicted octanol–water partition coefficient (Wildman–Crippen LogP) is 2.95. The molecule has 2 saturated heterocycles. The summed E-state index contributed by atoms with van der Waals surface area (Å²) in [4.78, 5) is 14.3. The lowest BCUT2D eigenvalue weighted by atomic mass is 9.99. The summed E-state index contributed by atoms with van der Waals surface area (Å²) >= 11 is 0. The van der Waals surface area contributed by atoms with Crippen molar-refractivity contribution in [3.63, 3.8) is 0 Å². The Balaban J connectivity index is 1.45. The standard InChI is InChI=1S/C18H23F3N2O3/c19-18(20,21)26-16-3-1-15(2-4-16)23-8-5-13(12-23)11-22-17(24)14-6-9-25-10-7-14/h1-4,13-14H,5-12H2,(H,22,24). The van der Waals surface area contributed by atoms with Gasteiger partial charge in [0.15, 0.2) is 0 Å². The second kappa shape index (κ2) is 8.16. The van der Waals surface area contributed by atoms with Crippen molar-refractivity contribution in [2.24, 2.45) is 11.8 Å². The van der Waals surface area contributed by atoms with E-state index in [1.54, 1.807) is 12.1 Å². The zero-order chi connectivity index (χ0) is 18.6. The van der Waals surface area contributed by atoms with Crippen LogP contribution in [0.15, 0.2) is 24.3 Å². The van der Waals surface area contributed by atoms with E-state index in [1.165, 1.54) is 12.1 Å². The highest BCUT2D eigenvalue weighted by Gasteiger charge is 2.31. The van der Waals surface area contributed by atoms with E-state index >= 15 is 0 Å². The number of anilines is 1. The van der Waals surface area contributed by atoms with E-state index in [0.29, 0.717) is 25.7 Å². The molecule has 8 heteroatoms. The number of hydrogen-bond donors (Lipinski definition) is 1. The highest BCUT2D eigenvalue weighted by molar-refractivity contribution is 5.78. The minimum Gasteiger partial charge on any atom is -0.406 e. The molecule has 2 fully saturated rings. The molecule has 1 unspecified atom stereocenters. The highest BCUT2D eigenvalue weighted by Crippen LogP contribution is 2.28. The first-order valence-electron chi connectivity index (χ1n) is 8.87. The van der Waals surface area contributed by atoms with Crippen molar-refractivity contribution < 1.29 is 27.4 Å². The van der Waals surface area contributed by atoms with Crippen LogP contribution in [0.5, 0.6) is 5.75 Å². The van der Waals surface area contributed by atoms with Crippen molar-refractivity contribution in [2.45, 2.75) is 25.6 Å².